The number of para-hydroxylation sites is 3. The minimum atomic E-state index is -2.81. The van der Waals surface area contributed by atoms with Crippen LogP contribution in [0.1, 0.15) is 133 Å². The number of carboxylic acid groups (broad SMARTS) is 1. The number of pyridine rings is 1. The fraction of sp³-hybridized carbons (Fsp3) is 0.303. The predicted octanol–water partition coefficient (Wildman–Crippen LogP) is 4.75. The van der Waals surface area contributed by atoms with Crippen LogP contribution < -0.4 is 177 Å². The van der Waals surface area contributed by atoms with E-state index in [1.807, 2.05) is 30.5 Å². The Kier molecular flexibility index (Phi) is 36.2. The number of carbonyl (C=O) groups is 3. The van der Waals surface area contributed by atoms with Crippen LogP contribution in [0.25, 0.3) is 28.1 Å². The van der Waals surface area contributed by atoms with Crippen LogP contribution in [0, 0.1) is 20.2 Å². The molecule has 42 heteroatoms. The van der Waals surface area contributed by atoms with Gasteiger partial charge in [-0.1, -0.05) is 48.5 Å². The molecular weight excluding hydrogens is 1870 g/mol. The van der Waals surface area contributed by atoms with Crippen LogP contribution in [0.3, 0.4) is 0 Å². The van der Waals surface area contributed by atoms with Crippen LogP contribution in [0.15, 0.2) is 193 Å². The summed E-state index contributed by atoms with van der Waals surface area (Å²) in [5, 5.41) is 37.5. The summed E-state index contributed by atoms with van der Waals surface area (Å²) in [6, 6.07) is 45.5. The second-order valence-corrected chi connectivity index (χ2v) is 26.7. The number of aldehydes is 2. The van der Waals surface area contributed by atoms with Crippen molar-refractivity contribution in [3.63, 3.8) is 0 Å². The number of hydrogen-bond donors (Lipinski definition) is 5. The van der Waals surface area contributed by atoms with Crippen molar-refractivity contribution in [3.05, 3.63) is 259 Å². The number of hydrogen-bond acceptors (Lipinski definition) is 33. The largest absolute Gasteiger partial charge is 1.00 e. The maximum absolute atomic E-state index is 10.8. The van der Waals surface area contributed by atoms with Crippen LogP contribution in [0.5, 0.6) is 115 Å². The van der Waals surface area contributed by atoms with E-state index in [1.165, 1.54) is 91.2 Å². The van der Waals surface area contributed by atoms with Crippen LogP contribution in [-0.4, -0.2) is 214 Å². The Morgan fingerprint density at radius 3 is 1.41 bits per heavy atom. The predicted molar refractivity (Wildman–Crippen MR) is 525 cm³/mol. The second kappa shape index (κ2) is 67.3. The molecule has 1 aromatic heterocycles. The third kappa shape index (κ3) is 38.1. The molecular formula is C99H121AlBClLiN7NaO30. The first-order valence-corrected chi connectivity index (χ1v) is 39.5. The number of ether oxygens (including phenoxy) is 21. The van der Waals surface area contributed by atoms with Crippen molar-refractivity contribution < 1.29 is 252 Å². The van der Waals surface area contributed by atoms with E-state index in [-0.39, 0.29) is 171 Å². The topological polar surface area (TPSA) is 461 Å². The van der Waals surface area contributed by atoms with Gasteiger partial charge in [-0.3, -0.25) is 39.6 Å². The third-order valence-electron chi connectivity index (χ3n) is 18.0. The van der Waals surface area contributed by atoms with Crippen LogP contribution in [-0.2, 0) is 48.3 Å². The Morgan fingerprint density at radius 1 is 0.539 bits per heavy atom. The van der Waals surface area contributed by atoms with Crippen molar-refractivity contribution in [3.8, 4) is 126 Å². The number of nitrogens with one attached hydrogen (secondary N) is 1. The Labute approximate surface area is 925 Å². The molecule has 0 fully saturated rings. The molecule has 7 aliphatic rings. The molecule has 0 saturated carbocycles. The fourth-order valence-corrected chi connectivity index (χ4v) is 12.1. The van der Waals surface area contributed by atoms with Gasteiger partial charge in [-0.25, -0.2) is 0 Å². The van der Waals surface area contributed by atoms with Gasteiger partial charge < -0.3 is 142 Å². The molecule has 10 aromatic carbocycles. The number of aliphatic imine (C=N–C) groups is 1. The summed E-state index contributed by atoms with van der Waals surface area (Å²) < 4.78 is 368. The number of methoxy groups -OCH3 is 8. The molecule has 0 bridgehead atoms. The SMILES string of the molecule is CC(=O)O.CCOCC.CO.C[N+](=O)[O-].N.[2H]C([2H])([2H])Oc1ccc2cc3[n+](cc2c1OC([2H])([2H])[2H])CCc1cc2c(cc1-3)OC([2H])([2H])O2.[2H]C([2H])([2H])Oc1cccc(C=NCCc2ccc3c(c2)OC([2H])([2H])O3)c1OC([2H])([2H])[2H].[2H]C([2H])([2H])Oc1cccc(C=O)c1OC([2H])([2H])[2H].[2H]C([2H])([2H])Oc1cccc(CNCCc2ccc3c(c2)OC([2H])([2H])O3)c1OC([2H])([2H])[2H].[2H]C1([2H])Oc2ccc(/C=C/[N+](=O)[O-])cc2O1.[2H]C1([2H])Oc2ccc(C=O)cc2O1.[2H]C1([2H])Oc2ccc(CCN)cc2O1.[AlH3].[B].[Cl-].[H-].[H-].[Li+].[Na+]. The van der Waals surface area contributed by atoms with Crippen molar-refractivity contribution in [2.75, 3.05) is 144 Å². The van der Waals surface area contributed by atoms with E-state index >= 15 is 0 Å². The number of benzene rings is 10. The molecule has 747 valence electrons. The van der Waals surface area contributed by atoms with E-state index in [1.54, 1.807) is 91.1 Å². The van der Waals surface area contributed by atoms with Crippen LogP contribution >= 0.6 is 0 Å². The Morgan fingerprint density at radius 2 is 0.943 bits per heavy atom. The molecule has 7 aliphatic heterocycles. The van der Waals surface area contributed by atoms with Crippen LogP contribution in [0.2, 0.25) is 0 Å². The summed E-state index contributed by atoms with van der Waals surface area (Å²) in [5.41, 5.74) is 12.3. The molecule has 37 nitrogen and oxygen atoms in total. The van der Waals surface area contributed by atoms with Gasteiger partial charge in [0.25, 0.3) is 5.97 Å². The fourth-order valence-electron chi connectivity index (χ4n) is 12.1. The molecule has 0 saturated heterocycles. The number of aliphatic hydroxyl groups excluding tert-OH is 1. The van der Waals surface area contributed by atoms with Gasteiger partial charge in [0.05, 0.1) is 111 Å². The normalized spacial score (nSPS) is 18.2. The standard InChI is InChI=1S/C20H18NO4.C18H21NO4.C18H19NO4.C9H7NO4.C9H11NO2.C9H10O3.C8H6O3.C4H10O.C2H4O2.CH3NO2.CH4O.Al.B.ClH.Li.H3N.Na.5H/c1-22-17-4-3-12-7-16-14-9-19-18(24-11-25-19)8-13(14)5-6-21(16)10-15(12)20(17)23-2;2*1-20-16-5-3-4-14(18(16)21-2)11-19-9-8-13-6-7-15-17(10-13)23-12-22-15;11-10(12)4-3-7-1-2-8-9(5-7)14-6-13-8;10-4-3-7-1-2-8-9(5-7)12-6-11-8;1-11-8-5-3-4-7(6-10)9(8)12-2;9-4-6-1-2-7-8(3-6)11-5-10-7;1-3-5-4-2;2*1-2(3)4;1-2;;;;;;;;;;;/h3-4,7-10H,5-6,11H2,1-2H3;3-7,10,19H,8-9,11-12H2,1-2H3;3-7,10-11H,8-9,12H2,1-2H3;1-5H,6H2;1-2,5H,3-4,6,10H2;3-6H,1-2H3;1-4H,5H2;3-4H2,1-2H3;1H3,(H,3,4);1H3;2H,1H3;;;1H;;1H3;;;;;;/q+1;;;;;;;;;;;;;;+1;;+1;;;;2*-1/p-1/b;;;4-3+;;;;;;;;;;;;;;;;;;/i1D3,2D3,11D2;2*1D3,2D3,12D2;2*6D2;1D3,2D3;5D2;;;;;;;;;;;;;;;. The van der Waals surface area contributed by atoms with Gasteiger partial charge in [0.1, 0.15) is 22.7 Å². The molecule has 8 heterocycles. The molecule has 11 aromatic rings. The number of fused-ring (bicyclic) bond motifs is 10. The minimum absolute atomic E-state index is 0. The summed E-state index contributed by atoms with van der Waals surface area (Å²) in [5.74, 6) is 1.13. The number of nitrogens with two attached hydrogens (primary N) is 1. The van der Waals surface area contributed by atoms with Crippen molar-refractivity contribution in [2.45, 2.75) is 59.5 Å². The van der Waals surface area contributed by atoms with Gasteiger partial charge in [-0.05, 0) is 201 Å². The Balaban J connectivity index is 0.00000205. The van der Waals surface area contributed by atoms with Crippen molar-refractivity contribution in [2.24, 2.45) is 10.7 Å². The van der Waals surface area contributed by atoms with Gasteiger partial charge >= 0.3 is 48.4 Å². The maximum Gasteiger partial charge on any atom is 1.00 e. The van der Waals surface area contributed by atoms with Gasteiger partial charge in [0, 0.05) is 95.1 Å². The van der Waals surface area contributed by atoms with Crippen LogP contribution in [0.4, 0.5) is 0 Å². The third-order valence-corrected chi connectivity index (χ3v) is 18.0. The van der Waals surface area contributed by atoms with E-state index < -0.39 is 118 Å². The number of aryl methyl sites for hydroxylation is 2. The van der Waals surface area contributed by atoms with Crippen molar-refractivity contribution in [1.82, 2.24) is 11.5 Å². The van der Waals surface area contributed by atoms with Gasteiger partial charge in [-0.2, -0.15) is 4.57 Å². The average molecular weight is 2030 g/mol. The summed E-state index contributed by atoms with van der Waals surface area (Å²) in [6.45, 7) is -4.08. The summed E-state index contributed by atoms with van der Waals surface area (Å²) in [6.07, 6.45) is 8.59. The number of carboxylic acids is 1. The van der Waals surface area contributed by atoms with E-state index in [9.17, 15) is 19.7 Å². The number of aromatic nitrogens is 1. The molecule has 3 radical (unpaired) electrons. The van der Waals surface area contributed by atoms with E-state index in [0.29, 0.717) is 137 Å². The first-order chi connectivity index (χ1) is 79.1. The zero-order valence-electron chi connectivity index (χ0n) is 114. The van der Waals surface area contributed by atoms with Gasteiger partial charge in [0.2, 0.25) is 52.4 Å². The monoisotopic (exact) mass is 2030 g/mol. The molecule has 0 unspecified atom stereocenters. The molecule has 0 spiro atoms. The maximum atomic E-state index is 10.8. The Hall–Kier alpha value is -13.1. The first kappa shape index (κ1) is 75.8. The second-order valence-electron chi connectivity index (χ2n) is 26.7. The number of nitrogens with zero attached hydrogens (tertiary/aromatic N) is 4. The summed E-state index contributed by atoms with van der Waals surface area (Å²) in [4.78, 5) is 52.2. The minimum Gasteiger partial charge on any atom is -1.00 e. The van der Waals surface area contributed by atoms with Gasteiger partial charge in [-0.15, -0.1) is 0 Å². The van der Waals surface area contributed by atoms with E-state index in [2.05, 4.69) is 19.8 Å². The number of nitro groups is 2. The molecule has 0 atom stereocenters. The number of aliphatic carboxylic acids is 1. The molecule has 0 aliphatic carbocycles. The molecule has 0 amide bonds. The Bertz CT molecular complexity index is 7380. The number of aliphatic hydroxyl groups is 1. The van der Waals surface area contributed by atoms with E-state index in [0.717, 1.165) is 80.4 Å². The molecule has 18 rings (SSSR count). The summed E-state index contributed by atoms with van der Waals surface area (Å²) >= 11 is 0. The number of halogens is 1. The first-order valence-electron chi connectivity index (χ1n) is 57.5. The molecule has 141 heavy (non-hydrogen) atoms. The van der Waals surface area contributed by atoms with Gasteiger partial charge in [0.15, 0.2) is 158 Å². The molecule has 8 N–H and O–H groups in total. The quantitative estimate of drug-likeness (QED) is 0.00980. The van der Waals surface area contributed by atoms with Crippen molar-refractivity contribution in [1.29, 1.82) is 0 Å². The zero-order chi connectivity index (χ0) is 128. The van der Waals surface area contributed by atoms with Crippen molar-refractivity contribution >= 4 is 67.4 Å². The average Bonchev–Trinajstić information content (AvgIpc) is 1.73. The van der Waals surface area contributed by atoms with E-state index in [4.69, 9.17) is 170 Å². The number of rotatable bonds is 25. The number of carbonyl (C=O) groups excluding carboxylic acids is 2. The zero-order valence-corrected chi connectivity index (χ0v) is 78.6. The summed E-state index contributed by atoms with van der Waals surface area (Å²) in [7, 11) is -20.4. The smallest absolute Gasteiger partial charge is 1.00 e.